The fourth-order valence-corrected chi connectivity index (χ4v) is 4.48. The summed E-state index contributed by atoms with van der Waals surface area (Å²) in [5.74, 6) is -0.577. The van der Waals surface area contributed by atoms with E-state index in [1.54, 1.807) is 18.2 Å². The molecule has 6 heteroatoms. The lowest BCUT2D eigenvalue weighted by Gasteiger charge is -2.54. The Morgan fingerprint density at radius 1 is 1.10 bits per heavy atom. The van der Waals surface area contributed by atoms with Gasteiger partial charge in [-0.15, -0.1) is 0 Å². The van der Waals surface area contributed by atoms with Gasteiger partial charge in [-0.05, 0) is 54.3 Å². The smallest absolute Gasteiger partial charge is 0.227 e. The number of anilines is 1. The molecule has 0 aromatic heterocycles. The van der Waals surface area contributed by atoms with Crippen LogP contribution in [0.1, 0.15) is 24.0 Å². The first kappa shape index (κ1) is 20.3. The average molecular weight is 408 g/mol. The minimum absolute atomic E-state index is 0.0563. The minimum atomic E-state index is -0.503. The van der Waals surface area contributed by atoms with Crippen molar-refractivity contribution in [2.75, 3.05) is 31.1 Å². The van der Waals surface area contributed by atoms with E-state index < -0.39 is 6.61 Å². The predicted octanol–water partition coefficient (Wildman–Crippen LogP) is 2.82. The first-order valence-electron chi connectivity index (χ1n) is 10.2. The molecule has 0 saturated carbocycles. The van der Waals surface area contributed by atoms with Crippen LogP contribution in [0.4, 0.5) is 10.1 Å². The Kier molecular flexibility index (Phi) is 5.68. The summed E-state index contributed by atoms with van der Waals surface area (Å²) in [7, 11) is 0. The van der Waals surface area contributed by atoms with Crippen molar-refractivity contribution in [3.8, 4) is 0 Å². The SMILES string of the molecule is O=C(/C=C/c1ccccc1N1CCCC12CN(C(=O)Cc1ccc(F)cc1)C2)CO. The van der Waals surface area contributed by atoms with Gasteiger partial charge in [0.15, 0.2) is 5.78 Å². The molecule has 2 fully saturated rings. The van der Waals surface area contributed by atoms with E-state index in [0.717, 1.165) is 36.2 Å². The van der Waals surface area contributed by atoms with Crippen LogP contribution in [0.2, 0.25) is 0 Å². The molecule has 2 aromatic rings. The molecule has 1 spiro atoms. The van der Waals surface area contributed by atoms with Crippen LogP contribution in [0, 0.1) is 5.82 Å². The summed E-state index contributed by atoms with van der Waals surface area (Å²) in [5, 5.41) is 8.96. The van der Waals surface area contributed by atoms with E-state index in [4.69, 9.17) is 5.11 Å². The van der Waals surface area contributed by atoms with Crippen molar-refractivity contribution in [1.29, 1.82) is 0 Å². The number of likely N-dealkylation sites (tertiary alicyclic amines) is 1. The van der Waals surface area contributed by atoms with Crippen LogP contribution < -0.4 is 4.90 Å². The number of rotatable bonds is 6. The highest BCUT2D eigenvalue weighted by atomic mass is 19.1. The van der Waals surface area contributed by atoms with Crippen molar-refractivity contribution in [3.05, 3.63) is 71.6 Å². The number of aliphatic hydroxyl groups is 1. The number of para-hydroxylation sites is 1. The molecule has 0 unspecified atom stereocenters. The summed E-state index contributed by atoms with van der Waals surface area (Å²) < 4.78 is 13.1. The van der Waals surface area contributed by atoms with E-state index >= 15 is 0 Å². The van der Waals surface area contributed by atoms with Crippen molar-refractivity contribution in [2.24, 2.45) is 0 Å². The van der Waals surface area contributed by atoms with Crippen molar-refractivity contribution < 1.29 is 19.1 Å². The second kappa shape index (κ2) is 8.40. The summed E-state index contributed by atoms with van der Waals surface area (Å²) in [4.78, 5) is 28.4. The zero-order valence-corrected chi connectivity index (χ0v) is 16.8. The fraction of sp³-hybridized carbons (Fsp3) is 0.333. The van der Waals surface area contributed by atoms with E-state index in [1.165, 1.54) is 18.2 Å². The monoisotopic (exact) mass is 408 g/mol. The summed E-state index contributed by atoms with van der Waals surface area (Å²) in [6, 6.07) is 14.0. The van der Waals surface area contributed by atoms with Gasteiger partial charge in [-0.1, -0.05) is 30.3 Å². The number of aliphatic hydroxyl groups excluding tert-OH is 1. The summed E-state index contributed by atoms with van der Waals surface area (Å²) >= 11 is 0. The number of nitrogens with zero attached hydrogens (tertiary/aromatic N) is 2. The van der Waals surface area contributed by atoms with E-state index in [2.05, 4.69) is 4.90 Å². The number of hydrogen-bond donors (Lipinski definition) is 1. The number of benzene rings is 2. The van der Waals surface area contributed by atoms with Gasteiger partial charge in [0.05, 0.1) is 12.0 Å². The molecule has 1 N–H and O–H groups in total. The van der Waals surface area contributed by atoms with E-state index in [-0.39, 0.29) is 29.5 Å². The standard InChI is InChI=1S/C24H25FN2O3/c25-20-9-6-18(7-10-20)14-23(30)26-16-24(17-26)12-3-13-27(24)22-5-2-1-4-19(22)8-11-21(29)15-28/h1-2,4-11,28H,3,12-17H2/b11-8+. The zero-order valence-electron chi connectivity index (χ0n) is 16.8. The van der Waals surface area contributed by atoms with Gasteiger partial charge in [0.25, 0.3) is 0 Å². The van der Waals surface area contributed by atoms with Crippen LogP contribution in [0.15, 0.2) is 54.6 Å². The van der Waals surface area contributed by atoms with Gasteiger partial charge in [0, 0.05) is 25.3 Å². The second-order valence-corrected chi connectivity index (χ2v) is 8.05. The van der Waals surface area contributed by atoms with Gasteiger partial charge < -0.3 is 14.9 Å². The van der Waals surface area contributed by atoms with E-state index in [9.17, 15) is 14.0 Å². The van der Waals surface area contributed by atoms with Gasteiger partial charge in [0.1, 0.15) is 12.4 Å². The molecule has 2 aliphatic heterocycles. The summed E-state index contributed by atoms with van der Waals surface area (Å²) in [6.07, 6.45) is 5.49. The van der Waals surface area contributed by atoms with E-state index in [0.29, 0.717) is 13.1 Å². The Balaban J connectivity index is 1.46. The third kappa shape index (κ3) is 4.00. The molecule has 156 valence electrons. The maximum absolute atomic E-state index is 13.1. The lowest BCUT2D eigenvalue weighted by Crippen LogP contribution is -2.69. The molecule has 4 rings (SSSR count). The topological polar surface area (TPSA) is 60.9 Å². The molecular weight excluding hydrogens is 383 g/mol. The number of carbonyl (C=O) groups excluding carboxylic acids is 2. The second-order valence-electron chi connectivity index (χ2n) is 8.05. The maximum Gasteiger partial charge on any atom is 0.227 e. The third-order valence-corrected chi connectivity index (χ3v) is 6.02. The molecule has 0 bridgehead atoms. The largest absolute Gasteiger partial charge is 0.388 e. The number of amides is 1. The van der Waals surface area contributed by atoms with Crippen LogP contribution in [0.25, 0.3) is 6.08 Å². The first-order chi connectivity index (χ1) is 14.5. The molecule has 1 amide bonds. The zero-order chi connectivity index (χ0) is 21.1. The highest BCUT2D eigenvalue weighted by Crippen LogP contribution is 2.42. The minimum Gasteiger partial charge on any atom is -0.388 e. The molecule has 2 saturated heterocycles. The Bertz CT molecular complexity index is 965. The Morgan fingerprint density at radius 3 is 2.57 bits per heavy atom. The Hall–Kier alpha value is -2.99. The van der Waals surface area contributed by atoms with Gasteiger partial charge >= 0.3 is 0 Å². The highest BCUT2D eigenvalue weighted by Gasteiger charge is 2.51. The number of ketones is 1. The van der Waals surface area contributed by atoms with Crippen LogP contribution in [0.3, 0.4) is 0 Å². The molecule has 30 heavy (non-hydrogen) atoms. The van der Waals surface area contributed by atoms with Gasteiger partial charge in [-0.2, -0.15) is 0 Å². The number of hydrogen-bond acceptors (Lipinski definition) is 4. The number of carbonyl (C=O) groups is 2. The lowest BCUT2D eigenvalue weighted by atomic mass is 9.85. The molecule has 2 aliphatic rings. The molecule has 0 atom stereocenters. The summed E-state index contributed by atoms with van der Waals surface area (Å²) in [5.41, 5.74) is 2.71. The molecule has 2 aromatic carbocycles. The molecule has 0 radical (unpaired) electrons. The molecular formula is C24H25FN2O3. The maximum atomic E-state index is 13.1. The van der Waals surface area contributed by atoms with Crippen LogP contribution >= 0.6 is 0 Å². The van der Waals surface area contributed by atoms with Crippen molar-refractivity contribution >= 4 is 23.5 Å². The van der Waals surface area contributed by atoms with Crippen LogP contribution in [-0.2, 0) is 16.0 Å². The van der Waals surface area contributed by atoms with Gasteiger partial charge in [-0.3, -0.25) is 9.59 Å². The third-order valence-electron chi connectivity index (χ3n) is 6.02. The summed E-state index contributed by atoms with van der Waals surface area (Å²) in [6.45, 7) is 1.73. The van der Waals surface area contributed by atoms with E-state index in [1.807, 2.05) is 29.2 Å². The molecule has 0 aliphatic carbocycles. The predicted molar refractivity (Wildman–Crippen MR) is 114 cm³/mol. The van der Waals surface area contributed by atoms with Crippen molar-refractivity contribution in [2.45, 2.75) is 24.8 Å². The van der Waals surface area contributed by atoms with Crippen LogP contribution in [0.5, 0.6) is 0 Å². The van der Waals surface area contributed by atoms with Gasteiger partial charge in [0.2, 0.25) is 5.91 Å². The lowest BCUT2D eigenvalue weighted by molar-refractivity contribution is -0.137. The Morgan fingerprint density at radius 2 is 1.83 bits per heavy atom. The quantitative estimate of drug-likeness (QED) is 0.747. The highest BCUT2D eigenvalue weighted by molar-refractivity contribution is 5.95. The Labute approximate surface area is 175 Å². The van der Waals surface area contributed by atoms with Gasteiger partial charge in [-0.25, -0.2) is 4.39 Å². The first-order valence-corrected chi connectivity index (χ1v) is 10.2. The molecule has 5 nitrogen and oxygen atoms in total. The normalized spacial score (nSPS) is 17.5. The average Bonchev–Trinajstić information content (AvgIpc) is 3.18. The van der Waals surface area contributed by atoms with Crippen molar-refractivity contribution in [3.63, 3.8) is 0 Å². The fourth-order valence-electron chi connectivity index (χ4n) is 4.48. The number of halogens is 1. The molecule has 2 heterocycles. The van der Waals surface area contributed by atoms with Crippen molar-refractivity contribution in [1.82, 2.24) is 4.90 Å². The van der Waals surface area contributed by atoms with Crippen LogP contribution in [-0.4, -0.2) is 53.5 Å².